The van der Waals surface area contributed by atoms with Gasteiger partial charge in [-0.25, -0.2) is 0 Å². The lowest BCUT2D eigenvalue weighted by Crippen LogP contribution is -3.08. The summed E-state index contributed by atoms with van der Waals surface area (Å²) in [5, 5.41) is 4.76. The number of rotatable bonds is 2. The molecule has 0 spiro atoms. The smallest absolute Gasteiger partial charge is 0.399 e. The summed E-state index contributed by atoms with van der Waals surface area (Å²) in [4.78, 5) is 0. The summed E-state index contributed by atoms with van der Waals surface area (Å²) in [6, 6.07) is 0. The lowest BCUT2D eigenvalue weighted by Gasteiger charge is -3.06. The van der Waals surface area contributed by atoms with Crippen LogP contribution >= 0.6 is 0 Å². The van der Waals surface area contributed by atoms with Gasteiger partial charge in [0.05, 0.1) is 16.7 Å². The second-order valence-corrected chi connectivity index (χ2v) is 9.58. The molecule has 0 amide bonds. The molecule has 4 nitrogen and oxygen atoms in total. The molecule has 0 atom stereocenters. The molecule has 22 heavy (non-hydrogen) atoms. The first-order chi connectivity index (χ1) is 10.4. The van der Waals surface area contributed by atoms with Gasteiger partial charge in [-0.15, -0.1) is 0 Å². The molecule has 1 saturated heterocycles. The van der Waals surface area contributed by atoms with Crippen molar-refractivity contribution in [3.05, 3.63) is 12.4 Å². The molecular weight excluding hydrogens is 275 g/mol. The van der Waals surface area contributed by atoms with Crippen LogP contribution in [-0.2, 0) is 14.8 Å². The van der Waals surface area contributed by atoms with Gasteiger partial charge in [0.1, 0.15) is 0 Å². The van der Waals surface area contributed by atoms with Crippen molar-refractivity contribution in [1.29, 1.82) is 0 Å². The Hall–Kier alpha value is -0.805. The molecule has 114 valence electrons. The normalized spacial score (nSPS) is 58.9. The molecule has 0 radical (unpaired) electrons. The van der Waals surface area contributed by atoms with E-state index in [0.717, 1.165) is 46.9 Å². The summed E-state index contributed by atoms with van der Waals surface area (Å²) < 4.78 is 14.7. The fourth-order valence-corrected chi connectivity index (χ4v) is 7.48. The van der Waals surface area contributed by atoms with E-state index < -0.39 is 0 Å². The number of nitrogens with zero attached hydrogens (tertiary/aromatic N) is 2. The summed E-state index contributed by atoms with van der Waals surface area (Å²) in [6.07, 6.45) is 4.20. The quantitative estimate of drug-likeness (QED) is 0.771. The number of aromatic nitrogens is 2. The average Bonchev–Trinajstić information content (AvgIpc) is 3.03. The minimum Gasteiger partial charge on any atom is -0.399 e. The Kier molecular flexibility index (Phi) is 1.45. The molecule has 0 N–H and O–H groups in total. The van der Waals surface area contributed by atoms with Gasteiger partial charge in [0.2, 0.25) is 0 Å². The summed E-state index contributed by atoms with van der Waals surface area (Å²) in [5.74, 6) is 7.34. The summed E-state index contributed by atoms with van der Waals surface area (Å²) in [7, 11) is -0.272. The fraction of sp³-hybridized carbons (Fsp3) is 0.824. The average molecular weight is 296 g/mol. The highest BCUT2D eigenvalue weighted by Crippen LogP contribution is 3.04. The Labute approximate surface area is 130 Å². The third kappa shape index (κ3) is 0.764. The fourth-order valence-electron chi connectivity index (χ4n) is 7.48. The first kappa shape index (κ1) is 11.7. The maximum absolute atomic E-state index is 6.17. The Bertz CT molecular complexity index is 687. The van der Waals surface area contributed by atoms with Crippen LogP contribution in [0, 0.1) is 41.4 Å². The van der Waals surface area contributed by atoms with Crippen molar-refractivity contribution in [3.63, 3.8) is 0 Å². The lowest BCUT2D eigenvalue weighted by atomic mass is 8.98. The molecule has 7 aliphatic rings. The van der Waals surface area contributed by atoms with E-state index in [-0.39, 0.29) is 18.3 Å². The topological polar surface area (TPSA) is 36.3 Å². The van der Waals surface area contributed by atoms with Crippen LogP contribution in [0.3, 0.4) is 0 Å². The molecule has 1 aromatic rings. The third-order valence-electron chi connectivity index (χ3n) is 8.95. The van der Waals surface area contributed by atoms with Crippen LogP contribution in [0.4, 0.5) is 0 Å². The van der Waals surface area contributed by atoms with Crippen LogP contribution in [0.2, 0.25) is 0 Å². The molecule has 2 heterocycles. The predicted octanol–water partition coefficient (Wildman–Crippen LogP) is 1.26. The zero-order valence-electron chi connectivity index (χ0n) is 13.5. The van der Waals surface area contributed by atoms with E-state index in [4.69, 9.17) is 14.4 Å². The molecule has 8 rings (SSSR count). The maximum atomic E-state index is 6.17. The van der Waals surface area contributed by atoms with Crippen LogP contribution < -0.4 is 5.46 Å². The minimum atomic E-state index is -0.277. The molecule has 0 unspecified atom stereocenters. The zero-order valence-corrected chi connectivity index (χ0v) is 13.5. The van der Waals surface area contributed by atoms with Gasteiger partial charge < -0.3 is 9.31 Å². The summed E-state index contributed by atoms with van der Waals surface area (Å²) in [5.41, 5.74) is 0.978. The van der Waals surface area contributed by atoms with Crippen molar-refractivity contribution >= 4 is 12.6 Å². The Morgan fingerprint density at radius 3 is 2.05 bits per heavy atom. The van der Waals surface area contributed by atoms with E-state index in [9.17, 15) is 0 Å². The van der Waals surface area contributed by atoms with Gasteiger partial charge in [0, 0.05) is 17.9 Å². The van der Waals surface area contributed by atoms with Gasteiger partial charge in [0.25, 0.3) is 0 Å². The maximum Gasteiger partial charge on any atom is 0.498 e. The second-order valence-electron chi connectivity index (χ2n) is 9.58. The van der Waals surface area contributed by atoms with E-state index in [2.05, 4.69) is 38.6 Å². The van der Waals surface area contributed by atoms with E-state index >= 15 is 0 Å². The molecule has 5 heteroatoms. The van der Waals surface area contributed by atoms with Crippen LogP contribution in [0.25, 0.3) is 0 Å². The Balaban J connectivity index is 1.23. The molecule has 0 bridgehead atoms. The summed E-state index contributed by atoms with van der Waals surface area (Å²) >= 11 is 0. The highest BCUT2D eigenvalue weighted by Gasteiger charge is 3.05. The molecule has 1 aliphatic heterocycles. The van der Waals surface area contributed by atoms with Gasteiger partial charge >= 0.3 is 7.12 Å². The van der Waals surface area contributed by atoms with Crippen molar-refractivity contribution < 1.29 is 9.31 Å². The zero-order chi connectivity index (χ0) is 14.8. The van der Waals surface area contributed by atoms with Crippen molar-refractivity contribution in [1.82, 2.24) is 9.78 Å². The van der Waals surface area contributed by atoms with Crippen LogP contribution in [0.5, 0.6) is 0 Å². The Morgan fingerprint density at radius 1 is 0.955 bits per heavy atom. The SMILES string of the molecule is CC1(C)OB(c2cnn(C34C5C6C7C5C3C7C64)c2)OC1(C)C. The van der Waals surface area contributed by atoms with E-state index in [1.165, 1.54) is 0 Å². The van der Waals surface area contributed by atoms with Gasteiger partial charge in [-0.1, -0.05) is 0 Å². The number of hydrogen-bond acceptors (Lipinski definition) is 3. The highest BCUT2D eigenvalue weighted by atomic mass is 16.7. The van der Waals surface area contributed by atoms with Crippen molar-refractivity contribution in [2.45, 2.75) is 44.4 Å². The molecule has 6 aliphatic carbocycles. The van der Waals surface area contributed by atoms with Gasteiger partial charge in [0.15, 0.2) is 0 Å². The van der Waals surface area contributed by atoms with Crippen molar-refractivity contribution in [2.24, 2.45) is 41.4 Å². The standard InChI is InChI=1S/C17H21BN2O2/c1-15(2)16(3,4)22-18(21-15)7-5-19-20(6-7)17-12-9-8-10(12)14(17)11(8)13(9)17/h5-6,8-14H,1-4H3. The highest BCUT2D eigenvalue weighted by molar-refractivity contribution is 6.62. The number of hydrogen-bond donors (Lipinski definition) is 0. The second kappa shape index (κ2) is 2.73. The molecular formula is C17H21BN2O2. The Morgan fingerprint density at radius 2 is 1.50 bits per heavy atom. The van der Waals surface area contributed by atoms with Crippen LogP contribution in [-0.4, -0.2) is 28.1 Å². The van der Waals surface area contributed by atoms with Gasteiger partial charge in [-0.05, 0) is 69.1 Å². The minimum absolute atomic E-state index is 0.272. The first-order valence-corrected chi connectivity index (χ1v) is 8.80. The van der Waals surface area contributed by atoms with Gasteiger partial charge in [-0.2, -0.15) is 5.10 Å². The lowest BCUT2D eigenvalue weighted by molar-refractivity contribution is -0.603. The monoisotopic (exact) mass is 296 g/mol. The first-order valence-electron chi connectivity index (χ1n) is 8.80. The molecule has 0 aromatic carbocycles. The largest absolute Gasteiger partial charge is 0.498 e. The molecule has 1 aromatic heterocycles. The van der Waals surface area contributed by atoms with Crippen molar-refractivity contribution in [2.75, 3.05) is 0 Å². The van der Waals surface area contributed by atoms with Crippen LogP contribution in [0.15, 0.2) is 12.4 Å². The molecule has 6 saturated carbocycles. The van der Waals surface area contributed by atoms with Gasteiger partial charge in [-0.3, -0.25) is 4.68 Å². The van der Waals surface area contributed by atoms with E-state index in [1.54, 1.807) is 0 Å². The third-order valence-corrected chi connectivity index (χ3v) is 8.95. The predicted molar refractivity (Wildman–Crippen MR) is 80.3 cm³/mol. The van der Waals surface area contributed by atoms with E-state index in [1.807, 2.05) is 6.20 Å². The van der Waals surface area contributed by atoms with E-state index in [0.29, 0.717) is 5.54 Å². The molecule has 7 fully saturated rings. The van der Waals surface area contributed by atoms with Crippen LogP contribution in [0.1, 0.15) is 27.7 Å². The van der Waals surface area contributed by atoms with Crippen molar-refractivity contribution in [3.8, 4) is 0 Å². The summed E-state index contributed by atoms with van der Waals surface area (Å²) in [6.45, 7) is 8.43.